The molecule has 2 aromatic rings. The van der Waals surface area contributed by atoms with Gasteiger partial charge in [0.1, 0.15) is 11.6 Å². The van der Waals surface area contributed by atoms with Gasteiger partial charge in [-0.1, -0.05) is 6.07 Å². The summed E-state index contributed by atoms with van der Waals surface area (Å²) in [4.78, 5) is 11.7. The average molecular weight is 328 g/mol. The van der Waals surface area contributed by atoms with Gasteiger partial charge in [-0.15, -0.1) is 13.2 Å². The van der Waals surface area contributed by atoms with E-state index in [9.17, 15) is 22.4 Å². The SMILES string of the molecule is Cc1ccc(NC(=O)Nc2ccc(OC(F)(F)F)cc2)cc1F. The molecule has 2 amide bonds. The summed E-state index contributed by atoms with van der Waals surface area (Å²) in [6.07, 6.45) is -4.78. The number of urea groups is 1. The standard InChI is InChI=1S/C15H12F4N2O2/c1-9-2-3-11(8-13(9)16)21-14(22)20-10-4-6-12(7-5-10)23-15(17,18)19/h2-8H,1H3,(H2,20,21,22). The second-order valence-electron chi connectivity index (χ2n) is 4.62. The van der Waals surface area contributed by atoms with Crippen LogP contribution in [0.25, 0.3) is 0 Å². The van der Waals surface area contributed by atoms with E-state index in [0.717, 1.165) is 18.2 Å². The van der Waals surface area contributed by atoms with Crippen LogP contribution in [0.2, 0.25) is 0 Å². The lowest BCUT2D eigenvalue weighted by atomic mass is 10.2. The van der Waals surface area contributed by atoms with Crippen molar-refractivity contribution >= 4 is 17.4 Å². The van der Waals surface area contributed by atoms with Crippen LogP contribution < -0.4 is 15.4 Å². The number of amides is 2. The normalized spacial score (nSPS) is 11.0. The second kappa shape index (κ2) is 6.55. The van der Waals surface area contributed by atoms with E-state index in [-0.39, 0.29) is 11.4 Å². The highest BCUT2D eigenvalue weighted by Crippen LogP contribution is 2.24. The number of alkyl halides is 3. The molecule has 23 heavy (non-hydrogen) atoms. The highest BCUT2D eigenvalue weighted by atomic mass is 19.4. The number of rotatable bonds is 3. The lowest BCUT2D eigenvalue weighted by Gasteiger charge is -2.11. The number of ether oxygens (including phenoxy) is 1. The number of carbonyl (C=O) groups excluding carboxylic acids is 1. The molecule has 8 heteroatoms. The van der Waals surface area contributed by atoms with Crippen LogP contribution in [0, 0.1) is 12.7 Å². The van der Waals surface area contributed by atoms with Crippen molar-refractivity contribution < 1.29 is 27.1 Å². The first kappa shape index (κ1) is 16.6. The van der Waals surface area contributed by atoms with E-state index in [1.165, 1.54) is 24.3 Å². The number of aryl methyl sites for hydroxylation is 1. The van der Waals surface area contributed by atoms with Crippen LogP contribution in [0.5, 0.6) is 5.75 Å². The number of hydrogen-bond acceptors (Lipinski definition) is 2. The summed E-state index contributed by atoms with van der Waals surface area (Å²) in [5.41, 5.74) is 0.948. The molecule has 0 fully saturated rings. The zero-order valence-corrected chi connectivity index (χ0v) is 11.9. The summed E-state index contributed by atoms with van der Waals surface area (Å²) in [6.45, 7) is 1.59. The Labute approximate surface area is 129 Å². The molecule has 0 saturated carbocycles. The van der Waals surface area contributed by atoms with E-state index in [2.05, 4.69) is 15.4 Å². The van der Waals surface area contributed by atoms with E-state index in [0.29, 0.717) is 5.56 Å². The number of carbonyl (C=O) groups is 1. The third-order valence-corrected chi connectivity index (χ3v) is 2.78. The molecule has 0 radical (unpaired) electrons. The molecule has 0 aromatic heterocycles. The lowest BCUT2D eigenvalue weighted by Crippen LogP contribution is -2.20. The topological polar surface area (TPSA) is 50.4 Å². The van der Waals surface area contributed by atoms with Crippen molar-refractivity contribution in [3.8, 4) is 5.75 Å². The van der Waals surface area contributed by atoms with Crippen LogP contribution in [-0.4, -0.2) is 12.4 Å². The van der Waals surface area contributed by atoms with E-state index < -0.39 is 24.0 Å². The molecule has 2 rings (SSSR count). The Morgan fingerprint density at radius 3 is 2.13 bits per heavy atom. The maximum Gasteiger partial charge on any atom is 0.573 e. The van der Waals surface area contributed by atoms with Gasteiger partial charge in [0.25, 0.3) is 0 Å². The summed E-state index contributed by atoms with van der Waals surface area (Å²) >= 11 is 0. The molecule has 0 aliphatic carbocycles. The van der Waals surface area contributed by atoms with Crippen LogP contribution in [0.15, 0.2) is 42.5 Å². The molecule has 2 aromatic carbocycles. The molecular formula is C15H12F4N2O2. The fraction of sp³-hybridized carbons (Fsp3) is 0.133. The first-order valence-corrected chi connectivity index (χ1v) is 6.43. The van der Waals surface area contributed by atoms with Crippen molar-refractivity contribution in [1.29, 1.82) is 0 Å². The maximum atomic E-state index is 13.4. The molecule has 4 nitrogen and oxygen atoms in total. The van der Waals surface area contributed by atoms with Crippen LogP contribution >= 0.6 is 0 Å². The molecule has 0 atom stereocenters. The highest BCUT2D eigenvalue weighted by molar-refractivity contribution is 5.99. The van der Waals surface area contributed by atoms with Gasteiger partial charge in [0.15, 0.2) is 0 Å². The molecule has 0 bridgehead atoms. The number of anilines is 2. The Morgan fingerprint density at radius 1 is 1.00 bits per heavy atom. The van der Waals surface area contributed by atoms with Crippen molar-refractivity contribution in [3.05, 3.63) is 53.8 Å². The predicted octanol–water partition coefficient (Wildman–Crippen LogP) is 4.68. The minimum atomic E-state index is -4.78. The number of halogens is 4. The Morgan fingerprint density at radius 2 is 1.57 bits per heavy atom. The Bertz CT molecular complexity index is 700. The van der Waals surface area contributed by atoms with Gasteiger partial charge in [-0.25, -0.2) is 9.18 Å². The molecule has 0 saturated heterocycles. The molecule has 0 spiro atoms. The van der Waals surface area contributed by atoms with Crippen LogP contribution in [0.1, 0.15) is 5.56 Å². The van der Waals surface area contributed by atoms with E-state index in [1.807, 2.05) is 0 Å². The Kier molecular flexibility index (Phi) is 4.73. The van der Waals surface area contributed by atoms with Gasteiger partial charge in [-0.05, 0) is 48.9 Å². The molecule has 0 aliphatic heterocycles. The summed E-state index contributed by atoms with van der Waals surface area (Å²) in [6, 6.07) is 8.16. The van der Waals surface area contributed by atoms with Crippen LogP contribution in [0.3, 0.4) is 0 Å². The fourth-order valence-corrected chi connectivity index (χ4v) is 1.70. The van der Waals surface area contributed by atoms with Gasteiger partial charge in [0.2, 0.25) is 0 Å². The summed E-state index contributed by atoms with van der Waals surface area (Å²) in [5.74, 6) is -0.861. The molecule has 0 aliphatic rings. The van der Waals surface area contributed by atoms with Gasteiger partial charge < -0.3 is 15.4 Å². The second-order valence-corrected chi connectivity index (χ2v) is 4.62. The maximum absolute atomic E-state index is 13.4. The molecule has 0 unspecified atom stereocenters. The van der Waals surface area contributed by atoms with Crippen molar-refractivity contribution in [2.45, 2.75) is 13.3 Å². The third kappa shape index (κ3) is 5.17. The molecular weight excluding hydrogens is 316 g/mol. The molecule has 0 heterocycles. The van der Waals surface area contributed by atoms with Crippen LogP contribution in [0.4, 0.5) is 33.7 Å². The van der Waals surface area contributed by atoms with E-state index in [4.69, 9.17) is 0 Å². The van der Waals surface area contributed by atoms with Gasteiger partial charge in [-0.2, -0.15) is 0 Å². The Balaban J connectivity index is 1.96. The highest BCUT2D eigenvalue weighted by Gasteiger charge is 2.30. The largest absolute Gasteiger partial charge is 0.573 e. The van der Waals surface area contributed by atoms with E-state index in [1.54, 1.807) is 6.92 Å². The Hall–Kier alpha value is -2.77. The monoisotopic (exact) mass is 328 g/mol. The predicted molar refractivity (Wildman–Crippen MR) is 76.9 cm³/mol. The van der Waals surface area contributed by atoms with Gasteiger partial charge >= 0.3 is 12.4 Å². The van der Waals surface area contributed by atoms with Gasteiger partial charge in [-0.3, -0.25) is 0 Å². The van der Waals surface area contributed by atoms with Crippen molar-refractivity contribution in [1.82, 2.24) is 0 Å². The summed E-state index contributed by atoms with van der Waals surface area (Å²) in [5, 5.41) is 4.82. The quantitative estimate of drug-likeness (QED) is 0.804. The molecule has 2 N–H and O–H groups in total. The van der Waals surface area contributed by atoms with Crippen molar-refractivity contribution in [3.63, 3.8) is 0 Å². The van der Waals surface area contributed by atoms with Crippen molar-refractivity contribution in [2.75, 3.05) is 10.6 Å². The fourth-order valence-electron chi connectivity index (χ4n) is 1.70. The van der Waals surface area contributed by atoms with Crippen LogP contribution in [-0.2, 0) is 0 Å². The van der Waals surface area contributed by atoms with Gasteiger partial charge in [0.05, 0.1) is 0 Å². The van der Waals surface area contributed by atoms with Crippen molar-refractivity contribution in [2.24, 2.45) is 0 Å². The van der Waals surface area contributed by atoms with E-state index >= 15 is 0 Å². The zero-order chi connectivity index (χ0) is 17.0. The molecule has 122 valence electrons. The average Bonchev–Trinajstić information content (AvgIpc) is 2.43. The minimum Gasteiger partial charge on any atom is -0.406 e. The first-order chi connectivity index (χ1) is 10.7. The first-order valence-electron chi connectivity index (χ1n) is 6.43. The summed E-state index contributed by atoms with van der Waals surface area (Å²) in [7, 11) is 0. The number of hydrogen-bond donors (Lipinski definition) is 2. The van der Waals surface area contributed by atoms with Gasteiger partial charge in [0, 0.05) is 11.4 Å². The third-order valence-electron chi connectivity index (χ3n) is 2.78. The lowest BCUT2D eigenvalue weighted by molar-refractivity contribution is -0.274. The number of benzene rings is 2. The minimum absolute atomic E-state index is 0.252. The summed E-state index contributed by atoms with van der Waals surface area (Å²) < 4.78 is 53.1. The number of nitrogens with one attached hydrogen (secondary N) is 2. The zero-order valence-electron chi connectivity index (χ0n) is 11.9. The smallest absolute Gasteiger partial charge is 0.406 e.